The Morgan fingerprint density at radius 2 is 1.54 bits per heavy atom. The first-order valence-corrected chi connectivity index (χ1v) is 16.9. The van der Waals surface area contributed by atoms with E-state index < -0.39 is 16.6 Å². The predicted molar refractivity (Wildman–Crippen MR) is 175 cm³/mol. The summed E-state index contributed by atoms with van der Waals surface area (Å²) in [6.07, 6.45) is 9.51. The van der Waals surface area contributed by atoms with Gasteiger partial charge in [-0.2, -0.15) is 4.98 Å². The van der Waals surface area contributed by atoms with E-state index in [2.05, 4.69) is 35.5 Å². The summed E-state index contributed by atoms with van der Waals surface area (Å²) in [7, 11) is 0. The quantitative estimate of drug-likeness (QED) is 0.275. The number of aromatic nitrogens is 3. The minimum Gasteiger partial charge on any atom is -0.444 e. The number of ether oxygens (including phenoxy) is 2. The van der Waals surface area contributed by atoms with Crippen LogP contribution in [0.25, 0.3) is 5.57 Å². The van der Waals surface area contributed by atoms with E-state index in [0.29, 0.717) is 37.6 Å². The molecule has 2 saturated heterocycles. The fourth-order valence-corrected chi connectivity index (χ4v) is 7.33. The van der Waals surface area contributed by atoms with E-state index in [1.807, 2.05) is 65.1 Å². The molecule has 3 atom stereocenters. The van der Waals surface area contributed by atoms with Gasteiger partial charge in [0.2, 0.25) is 5.89 Å². The third-order valence-electron chi connectivity index (χ3n) is 8.45. The van der Waals surface area contributed by atoms with Gasteiger partial charge in [-0.15, -0.1) is 11.3 Å². The summed E-state index contributed by atoms with van der Waals surface area (Å²) >= 11 is 1.54. The highest BCUT2D eigenvalue weighted by Crippen LogP contribution is 2.44. The topological polar surface area (TPSA) is 111 Å². The average molecular weight is 646 g/mol. The lowest BCUT2D eigenvalue weighted by molar-refractivity contribution is 0.0196. The molecular weight excluding hydrogens is 602 g/mol. The largest absolute Gasteiger partial charge is 0.444 e. The van der Waals surface area contributed by atoms with Crippen molar-refractivity contribution in [2.24, 2.45) is 0 Å². The molecule has 0 saturated carbocycles. The predicted octanol–water partition coefficient (Wildman–Crippen LogP) is 8.00. The number of carbonyl (C=O) groups is 2. The molecule has 11 heteroatoms. The number of rotatable bonds is 5. The zero-order valence-corrected chi connectivity index (χ0v) is 28.3. The van der Waals surface area contributed by atoms with Gasteiger partial charge in [-0.1, -0.05) is 53.7 Å². The maximum absolute atomic E-state index is 13.1. The van der Waals surface area contributed by atoms with Gasteiger partial charge in [-0.05, 0) is 84.8 Å². The summed E-state index contributed by atoms with van der Waals surface area (Å²) in [5, 5.41) is 7.43. The molecule has 1 unspecified atom stereocenters. The van der Waals surface area contributed by atoms with Crippen molar-refractivity contribution in [2.75, 3.05) is 13.1 Å². The second-order valence-electron chi connectivity index (χ2n) is 14.2. The third kappa shape index (κ3) is 6.61. The number of carbonyl (C=O) groups excluding carboxylic acids is 2. The molecule has 1 aliphatic carbocycles. The van der Waals surface area contributed by atoms with E-state index in [9.17, 15) is 9.59 Å². The van der Waals surface area contributed by atoms with Gasteiger partial charge in [0, 0.05) is 18.5 Å². The molecule has 3 aliphatic rings. The number of allylic oxidation sites excluding steroid dienone is 4. The number of likely N-dealkylation sites (tertiary alicyclic amines) is 2. The monoisotopic (exact) mass is 645 g/mol. The first-order chi connectivity index (χ1) is 21.8. The highest BCUT2D eigenvalue weighted by Gasteiger charge is 2.44. The lowest BCUT2D eigenvalue weighted by Gasteiger charge is -2.29. The summed E-state index contributed by atoms with van der Waals surface area (Å²) in [4.78, 5) is 39.7. The summed E-state index contributed by atoms with van der Waals surface area (Å²) in [5.74, 6) is 0.886. The lowest BCUT2D eigenvalue weighted by atomic mass is 9.76. The van der Waals surface area contributed by atoms with E-state index in [1.165, 1.54) is 0 Å². The Labute approximate surface area is 274 Å². The Balaban J connectivity index is 1.33. The van der Waals surface area contributed by atoms with Crippen LogP contribution in [0.5, 0.6) is 0 Å². The summed E-state index contributed by atoms with van der Waals surface area (Å²) in [6.45, 7) is 12.4. The van der Waals surface area contributed by atoms with Gasteiger partial charge in [0.15, 0.2) is 5.82 Å². The minimum atomic E-state index is -0.792. The molecule has 0 N–H and O–H groups in total. The Kier molecular flexibility index (Phi) is 8.56. The smallest absolute Gasteiger partial charge is 0.410 e. The van der Waals surface area contributed by atoms with Gasteiger partial charge < -0.3 is 14.0 Å². The van der Waals surface area contributed by atoms with Crippen LogP contribution in [0.15, 0.2) is 58.5 Å². The van der Waals surface area contributed by atoms with E-state index in [-0.39, 0.29) is 24.3 Å². The van der Waals surface area contributed by atoms with Crippen LogP contribution in [0, 0.1) is 0 Å². The second-order valence-corrected chi connectivity index (χ2v) is 15.1. The molecule has 2 aromatic heterocycles. The van der Waals surface area contributed by atoms with E-state index in [4.69, 9.17) is 24.0 Å². The van der Waals surface area contributed by atoms with Gasteiger partial charge in [0.25, 0.3) is 0 Å². The highest BCUT2D eigenvalue weighted by atomic mass is 32.1. The van der Waals surface area contributed by atoms with Gasteiger partial charge >= 0.3 is 12.2 Å². The maximum Gasteiger partial charge on any atom is 0.410 e. The Morgan fingerprint density at radius 3 is 2.15 bits per heavy atom. The number of nitrogens with zero attached hydrogens (tertiary/aromatic N) is 5. The molecule has 3 aromatic rings. The molecule has 2 amide bonds. The normalized spacial score (nSPS) is 23.5. The summed E-state index contributed by atoms with van der Waals surface area (Å²) < 4.78 is 17.3. The first kappa shape index (κ1) is 32.0. The SMILES string of the molecule is CC(C)(C)OC(=O)N1CCC[C@H]1c1nc(C2(c3csc([C@@H]4CCCN4C(=O)OC(C)(C)C)n3)C=CC(c3ccccc3)=CC2)no1. The number of benzene rings is 1. The number of amides is 2. The molecule has 1 aromatic carbocycles. The van der Waals surface area contributed by atoms with Gasteiger partial charge in [-0.25, -0.2) is 14.6 Å². The van der Waals surface area contributed by atoms with Crippen LogP contribution in [0.3, 0.4) is 0 Å². The van der Waals surface area contributed by atoms with Gasteiger partial charge in [0.05, 0.1) is 17.2 Å². The van der Waals surface area contributed by atoms with Crippen LogP contribution in [0.4, 0.5) is 9.59 Å². The molecule has 4 heterocycles. The van der Waals surface area contributed by atoms with Crippen LogP contribution in [-0.4, -0.2) is 61.4 Å². The molecule has 244 valence electrons. The molecular formula is C35H43N5O5S. The highest BCUT2D eigenvalue weighted by molar-refractivity contribution is 7.09. The van der Waals surface area contributed by atoms with Gasteiger partial charge in [-0.3, -0.25) is 9.80 Å². The Hall–Kier alpha value is -3.99. The molecule has 10 nitrogen and oxygen atoms in total. The second kappa shape index (κ2) is 12.3. The first-order valence-electron chi connectivity index (χ1n) is 16.1. The van der Waals surface area contributed by atoms with Crippen molar-refractivity contribution in [3.05, 3.63) is 81.9 Å². The van der Waals surface area contributed by atoms with Crippen molar-refractivity contribution in [1.82, 2.24) is 24.9 Å². The Morgan fingerprint density at radius 1 is 0.913 bits per heavy atom. The third-order valence-corrected chi connectivity index (χ3v) is 9.40. The van der Waals surface area contributed by atoms with Crippen molar-refractivity contribution >= 4 is 29.1 Å². The standard InChI is InChI=1S/C35H43N5O5S/c1-33(2,3)43-31(41)39-20-10-14-25(39)28-37-30(38-45-28)35(18-16-24(17-19-35)23-12-8-7-9-13-23)27-22-46-29(36-27)26-15-11-21-40(26)32(42)44-34(4,5)6/h7-9,12-13,16-18,22,25-26H,10-11,14-15,19-21H2,1-6H3/t25-,26-,35?/m0/s1. The van der Waals surface area contributed by atoms with Crippen molar-refractivity contribution in [2.45, 2.75) is 102 Å². The molecule has 0 bridgehead atoms. The van der Waals surface area contributed by atoms with Crippen LogP contribution in [0.1, 0.15) is 114 Å². The van der Waals surface area contributed by atoms with Crippen molar-refractivity contribution in [1.29, 1.82) is 0 Å². The number of hydrogen-bond acceptors (Lipinski definition) is 9. The van der Waals surface area contributed by atoms with Crippen LogP contribution < -0.4 is 0 Å². The fraction of sp³-hybridized carbons (Fsp3) is 0.514. The fourth-order valence-electron chi connectivity index (χ4n) is 6.28. The molecule has 46 heavy (non-hydrogen) atoms. The number of hydrogen-bond donors (Lipinski definition) is 0. The molecule has 2 aliphatic heterocycles. The zero-order valence-electron chi connectivity index (χ0n) is 27.5. The molecule has 6 rings (SSSR count). The Bertz CT molecular complexity index is 1550. The summed E-state index contributed by atoms with van der Waals surface area (Å²) in [6, 6.07) is 9.73. The molecule has 0 spiro atoms. The van der Waals surface area contributed by atoms with E-state index in [1.54, 1.807) is 21.1 Å². The minimum absolute atomic E-state index is 0.157. The molecule has 2 fully saturated rings. The van der Waals surface area contributed by atoms with Crippen molar-refractivity contribution in [3.63, 3.8) is 0 Å². The number of thiazole rings is 1. The van der Waals surface area contributed by atoms with Crippen LogP contribution in [0.2, 0.25) is 0 Å². The van der Waals surface area contributed by atoms with Crippen LogP contribution >= 0.6 is 11.3 Å². The van der Waals surface area contributed by atoms with Crippen molar-refractivity contribution in [3.8, 4) is 0 Å². The maximum atomic E-state index is 13.1. The lowest BCUT2D eigenvalue weighted by Crippen LogP contribution is -2.36. The van der Waals surface area contributed by atoms with Crippen LogP contribution in [-0.2, 0) is 14.9 Å². The summed E-state index contributed by atoms with van der Waals surface area (Å²) in [5.41, 5.74) is 1.05. The van der Waals surface area contributed by atoms with Gasteiger partial charge in [0.1, 0.15) is 22.3 Å². The van der Waals surface area contributed by atoms with E-state index >= 15 is 0 Å². The van der Waals surface area contributed by atoms with Crippen molar-refractivity contribution < 1.29 is 23.6 Å². The van der Waals surface area contributed by atoms with E-state index in [0.717, 1.165) is 41.1 Å². The zero-order chi connectivity index (χ0) is 32.7. The molecule has 0 radical (unpaired) electrons. The average Bonchev–Trinajstić information content (AvgIpc) is 3.82.